The monoisotopic (exact) mass is 836 g/mol. The van der Waals surface area contributed by atoms with Crippen molar-refractivity contribution >= 4 is 86.6 Å². The van der Waals surface area contributed by atoms with Crippen molar-refractivity contribution in [3.8, 4) is 23.0 Å². The van der Waals surface area contributed by atoms with Crippen LogP contribution in [-0.2, 0) is 0 Å². The Bertz CT molecular complexity index is 2870. The first kappa shape index (κ1) is 41.8. The van der Waals surface area contributed by atoms with Crippen LogP contribution in [0.3, 0.4) is 0 Å². The van der Waals surface area contributed by atoms with Crippen molar-refractivity contribution in [2.45, 2.75) is 130 Å². The summed E-state index contributed by atoms with van der Waals surface area (Å²) in [4.78, 5) is 28.9. The molecule has 2 heterocycles. The van der Waals surface area contributed by atoms with E-state index in [-0.39, 0.29) is 0 Å². The molecule has 0 amide bonds. The Labute approximate surface area is 362 Å². The zero-order chi connectivity index (χ0) is 42.7. The van der Waals surface area contributed by atoms with Crippen LogP contribution in [-0.4, -0.2) is 26.4 Å². The normalized spacial score (nSPS) is 12.3. The van der Waals surface area contributed by atoms with Crippen LogP contribution in [0, 0.1) is 0 Å². The van der Waals surface area contributed by atoms with E-state index in [1.54, 1.807) is 0 Å². The minimum absolute atomic E-state index is 0.421. The molecule has 8 heteroatoms. The van der Waals surface area contributed by atoms with Gasteiger partial charge in [0.05, 0.1) is 37.2 Å². The fraction of sp³-hybridized carbons (Fsp3) is 0.444. The molecule has 7 aromatic carbocycles. The van der Waals surface area contributed by atoms with Crippen molar-refractivity contribution in [2.24, 2.45) is 0 Å². The number of hydrogen-bond acceptors (Lipinski definition) is 8. The van der Waals surface area contributed by atoms with Gasteiger partial charge in [-0.05, 0) is 95.8 Å². The lowest BCUT2D eigenvalue weighted by atomic mass is 9.82. The molecular formula is C54H60O8. The van der Waals surface area contributed by atoms with Crippen molar-refractivity contribution in [3.05, 3.63) is 69.4 Å². The predicted molar refractivity (Wildman–Crippen MR) is 256 cm³/mol. The Hall–Kier alpha value is -5.50. The highest BCUT2D eigenvalue weighted by atomic mass is 16.5. The van der Waals surface area contributed by atoms with Gasteiger partial charge < -0.3 is 27.8 Å². The third-order valence-electron chi connectivity index (χ3n) is 13.0. The molecule has 0 saturated carbocycles. The van der Waals surface area contributed by atoms with E-state index in [1.165, 1.54) is 0 Å². The summed E-state index contributed by atoms with van der Waals surface area (Å²) in [7, 11) is 0. The summed E-state index contributed by atoms with van der Waals surface area (Å²) in [5, 5.41) is 11.1. The van der Waals surface area contributed by atoms with Gasteiger partial charge in [0, 0.05) is 43.1 Å². The lowest BCUT2D eigenvalue weighted by Crippen LogP contribution is -2.08. The maximum absolute atomic E-state index is 14.5. The quantitative estimate of drug-likeness (QED) is 0.0257. The molecule has 9 rings (SSSR count). The smallest absolute Gasteiger partial charge is 0.344 e. The van der Waals surface area contributed by atoms with Crippen LogP contribution in [0.25, 0.3) is 86.6 Å². The summed E-state index contributed by atoms with van der Waals surface area (Å²) in [6.07, 6.45) is 17.3. The van der Waals surface area contributed by atoms with Gasteiger partial charge in [0.25, 0.3) is 0 Å². The predicted octanol–water partition coefficient (Wildman–Crippen LogP) is 15.0. The summed E-state index contributed by atoms with van der Waals surface area (Å²) in [6, 6.07) is 15.9. The topological polar surface area (TPSA) is 97.3 Å². The number of ether oxygens (including phenoxy) is 4. The van der Waals surface area contributed by atoms with Gasteiger partial charge in [-0.3, -0.25) is 0 Å². The summed E-state index contributed by atoms with van der Waals surface area (Å²) in [5.41, 5.74) is 0.114. The first-order valence-corrected chi connectivity index (χ1v) is 23.7. The van der Waals surface area contributed by atoms with Gasteiger partial charge in [0.2, 0.25) is 0 Å². The second kappa shape index (κ2) is 18.5. The van der Waals surface area contributed by atoms with Gasteiger partial charge in [-0.15, -0.1) is 0 Å². The van der Waals surface area contributed by atoms with E-state index >= 15 is 0 Å². The molecule has 9 aromatic rings. The molecule has 0 fully saturated rings. The van der Waals surface area contributed by atoms with Crippen LogP contribution in [0.2, 0.25) is 0 Å². The molecule has 0 bridgehead atoms. The average Bonchev–Trinajstić information content (AvgIpc) is 3.27. The van der Waals surface area contributed by atoms with Crippen molar-refractivity contribution in [3.63, 3.8) is 0 Å². The summed E-state index contributed by atoms with van der Waals surface area (Å²) < 4.78 is 38.7. The van der Waals surface area contributed by atoms with E-state index in [1.807, 2.05) is 48.5 Å². The molecule has 324 valence electrons. The zero-order valence-corrected chi connectivity index (χ0v) is 37.0. The molecule has 0 N–H and O–H groups in total. The van der Waals surface area contributed by atoms with E-state index < -0.39 is 11.3 Å². The van der Waals surface area contributed by atoms with Crippen LogP contribution < -0.4 is 30.2 Å². The Kier molecular flexibility index (Phi) is 12.5. The average molecular weight is 837 g/mol. The van der Waals surface area contributed by atoms with Crippen LogP contribution in [0.5, 0.6) is 23.0 Å². The molecule has 0 aliphatic heterocycles. The number of rotatable bonds is 24. The van der Waals surface area contributed by atoms with E-state index in [0.29, 0.717) is 71.4 Å². The highest BCUT2D eigenvalue weighted by Gasteiger charge is 2.29. The highest BCUT2D eigenvalue weighted by molar-refractivity contribution is 6.49. The molecule has 0 aliphatic rings. The standard InChI is InChI=1S/C54H60O8/c1-5-9-13-17-25-57-41-29-35-33-21-23-39-49-45(33)51-47(37(35)31-43(41)59-27-19-15-11-7-3)53(55)61-40-24-22-34-36-30-42(58-26-18-14-10-6-2)44(60-28-20-16-12-8-4)32-38(36)48(54(56)62-39)52(49)46(34)50(40)51/h21-24,29-32H,5-20,25-28H2,1-4H3. The van der Waals surface area contributed by atoms with Crippen LogP contribution in [0.15, 0.2) is 67.0 Å². The Balaban J connectivity index is 1.32. The van der Waals surface area contributed by atoms with Gasteiger partial charge in [-0.25, -0.2) is 9.59 Å². The molecule has 0 aliphatic carbocycles. The second-order valence-corrected chi connectivity index (χ2v) is 17.3. The summed E-state index contributed by atoms with van der Waals surface area (Å²) in [6.45, 7) is 11.1. The van der Waals surface area contributed by atoms with E-state index in [9.17, 15) is 9.59 Å². The Morgan fingerprint density at radius 1 is 0.339 bits per heavy atom. The third kappa shape index (κ3) is 7.47. The second-order valence-electron chi connectivity index (χ2n) is 17.3. The fourth-order valence-electron chi connectivity index (χ4n) is 9.82. The van der Waals surface area contributed by atoms with Crippen molar-refractivity contribution in [1.82, 2.24) is 0 Å². The maximum Gasteiger partial charge on any atom is 0.344 e. The third-order valence-corrected chi connectivity index (χ3v) is 13.0. The van der Waals surface area contributed by atoms with Crippen molar-refractivity contribution in [2.75, 3.05) is 26.4 Å². The number of hydrogen-bond donors (Lipinski definition) is 0. The molecule has 62 heavy (non-hydrogen) atoms. The highest BCUT2D eigenvalue weighted by Crippen LogP contribution is 2.53. The SMILES string of the molecule is CCCCCCOc1cc2c(cc1OCCCCCC)c1c(=O)oc3ccc4c5cc(OCCCCCC)c(OCCCCCC)cc5c5c(=O)oc6ccc2c2c6c5c4c3c12. The number of fused-ring (bicyclic) bond motifs is 6. The fourth-order valence-corrected chi connectivity index (χ4v) is 9.82. The zero-order valence-electron chi connectivity index (χ0n) is 37.0. The van der Waals surface area contributed by atoms with Crippen LogP contribution >= 0.6 is 0 Å². The first-order chi connectivity index (χ1) is 30.5. The van der Waals surface area contributed by atoms with Gasteiger partial charge in [-0.1, -0.05) is 105 Å². The molecule has 8 nitrogen and oxygen atoms in total. The number of benzene rings is 7. The minimum Gasteiger partial charge on any atom is -0.490 e. The molecule has 0 radical (unpaired) electrons. The van der Waals surface area contributed by atoms with E-state index in [2.05, 4.69) is 27.7 Å². The lowest BCUT2D eigenvalue weighted by molar-refractivity contribution is 0.259. The number of unbranched alkanes of at least 4 members (excludes halogenated alkanes) is 12. The van der Waals surface area contributed by atoms with Crippen molar-refractivity contribution < 1.29 is 27.8 Å². The van der Waals surface area contributed by atoms with Gasteiger partial charge in [0.15, 0.2) is 23.0 Å². The molecule has 0 spiro atoms. The largest absolute Gasteiger partial charge is 0.490 e. The molecule has 0 unspecified atom stereocenters. The molecular weight excluding hydrogens is 777 g/mol. The Morgan fingerprint density at radius 3 is 0.984 bits per heavy atom. The molecule has 0 atom stereocenters. The van der Waals surface area contributed by atoms with E-state index in [4.69, 9.17) is 27.8 Å². The molecule has 2 aromatic heterocycles. The molecule has 0 saturated heterocycles. The Morgan fingerprint density at radius 2 is 0.661 bits per heavy atom. The maximum atomic E-state index is 14.5. The summed E-state index contributed by atoms with van der Waals surface area (Å²) >= 11 is 0. The summed E-state index contributed by atoms with van der Waals surface area (Å²) in [5.74, 6) is 2.59. The first-order valence-electron chi connectivity index (χ1n) is 23.7. The van der Waals surface area contributed by atoms with Crippen LogP contribution in [0.4, 0.5) is 0 Å². The van der Waals surface area contributed by atoms with Gasteiger partial charge in [-0.2, -0.15) is 0 Å². The van der Waals surface area contributed by atoms with Crippen LogP contribution in [0.1, 0.15) is 130 Å². The minimum atomic E-state index is -0.421. The lowest BCUT2D eigenvalue weighted by Gasteiger charge is -2.23. The van der Waals surface area contributed by atoms with Gasteiger partial charge >= 0.3 is 11.3 Å². The van der Waals surface area contributed by atoms with Gasteiger partial charge in [0.1, 0.15) is 11.2 Å². The van der Waals surface area contributed by atoms with Crippen molar-refractivity contribution in [1.29, 1.82) is 0 Å². The van der Waals surface area contributed by atoms with E-state index in [0.717, 1.165) is 167 Å².